The van der Waals surface area contributed by atoms with Crippen molar-refractivity contribution in [2.45, 2.75) is 20.4 Å². The molecule has 0 bridgehead atoms. The van der Waals surface area contributed by atoms with Gasteiger partial charge in [-0.3, -0.25) is 0 Å². The molecule has 128 valence electrons. The van der Waals surface area contributed by atoms with Crippen molar-refractivity contribution in [3.05, 3.63) is 40.4 Å². The van der Waals surface area contributed by atoms with Gasteiger partial charge in [0.1, 0.15) is 0 Å². The Morgan fingerprint density at radius 1 is 1.00 bits per heavy atom. The van der Waals surface area contributed by atoms with Gasteiger partial charge in [-0.15, -0.1) is 0 Å². The Bertz CT molecular complexity index is 720. The van der Waals surface area contributed by atoms with Gasteiger partial charge in [0, 0.05) is 22.8 Å². The van der Waals surface area contributed by atoms with Crippen LogP contribution in [-0.2, 0) is 6.54 Å². The third kappa shape index (κ3) is 3.70. The van der Waals surface area contributed by atoms with Crippen LogP contribution in [0.1, 0.15) is 19.4 Å². The maximum absolute atomic E-state index is 5.69. The zero-order valence-electron chi connectivity index (χ0n) is 13.7. The minimum absolute atomic E-state index is 0.279. The van der Waals surface area contributed by atoms with Gasteiger partial charge in [0.05, 0.1) is 13.2 Å². The molecule has 0 aliphatic carbocycles. The zero-order valence-corrected chi connectivity index (χ0v) is 15.3. The summed E-state index contributed by atoms with van der Waals surface area (Å²) in [6.07, 6.45) is 0. The van der Waals surface area contributed by atoms with Gasteiger partial charge in [-0.2, -0.15) is 0 Å². The minimum Gasteiger partial charge on any atom is -0.490 e. The highest BCUT2D eigenvalue weighted by Gasteiger charge is 2.14. The van der Waals surface area contributed by atoms with Gasteiger partial charge in [-0.25, -0.2) is 0 Å². The number of rotatable bonds is 7. The third-order valence-corrected chi connectivity index (χ3v) is 4.31. The summed E-state index contributed by atoms with van der Waals surface area (Å²) in [4.78, 5) is 0. The predicted molar refractivity (Wildman–Crippen MR) is 96.4 cm³/mol. The fourth-order valence-electron chi connectivity index (χ4n) is 2.45. The molecule has 0 atom stereocenters. The van der Waals surface area contributed by atoms with Crippen molar-refractivity contribution in [1.82, 2.24) is 0 Å². The van der Waals surface area contributed by atoms with Crippen molar-refractivity contribution in [1.29, 1.82) is 0 Å². The Labute approximate surface area is 150 Å². The second-order valence-corrected chi connectivity index (χ2v) is 6.03. The van der Waals surface area contributed by atoms with E-state index < -0.39 is 0 Å². The Balaban J connectivity index is 1.75. The normalized spacial score (nSPS) is 12.1. The molecule has 2 aromatic carbocycles. The van der Waals surface area contributed by atoms with Crippen LogP contribution in [0.25, 0.3) is 0 Å². The predicted octanol–water partition coefficient (Wildman–Crippen LogP) is 4.59. The molecule has 0 amide bonds. The van der Waals surface area contributed by atoms with E-state index in [-0.39, 0.29) is 6.79 Å². The van der Waals surface area contributed by atoms with E-state index in [1.165, 1.54) is 0 Å². The van der Waals surface area contributed by atoms with E-state index in [4.69, 9.17) is 18.9 Å². The van der Waals surface area contributed by atoms with Gasteiger partial charge < -0.3 is 24.3 Å². The second-order valence-electron chi connectivity index (χ2n) is 5.18. The molecule has 1 aliphatic heterocycles. The van der Waals surface area contributed by atoms with Crippen LogP contribution < -0.4 is 24.3 Å². The molecule has 0 spiro atoms. The van der Waals surface area contributed by atoms with Crippen LogP contribution in [0.2, 0.25) is 0 Å². The number of nitrogens with one attached hydrogen (secondary N) is 1. The molecular weight excluding hydrogens is 374 g/mol. The SMILES string of the molecule is CCOc1cc(Br)c(CNc2ccc3c(c2)OCO3)cc1OCC. The highest BCUT2D eigenvalue weighted by Crippen LogP contribution is 2.36. The molecule has 2 aromatic rings. The number of anilines is 1. The molecule has 0 saturated heterocycles. The van der Waals surface area contributed by atoms with E-state index in [0.29, 0.717) is 19.8 Å². The molecule has 3 rings (SSSR count). The number of hydrogen-bond acceptors (Lipinski definition) is 5. The van der Waals surface area contributed by atoms with Crippen LogP contribution in [0.15, 0.2) is 34.8 Å². The Kier molecular flexibility index (Phi) is 5.35. The van der Waals surface area contributed by atoms with Gasteiger partial charge >= 0.3 is 0 Å². The monoisotopic (exact) mass is 393 g/mol. The Morgan fingerprint density at radius 2 is 1.71 bits per heavy atom. The number of halogens is 1. The van der Waals surface area contributed by atoms with Gasteiger partial charge in [0.25, 0.3) is 0 Å². The highest BCUT2D eigenvalue weighted by molar-refractivity contribution is 9.10. The van der Waals surface area contributed by atoms with Crippen molar-refractivity contribution in [3.63, 3.8) is 0 Å². The summed E-state index contributed by atoms with van der Waals surface area (Å²) in [5.41, 5.74) is 2.05. The first kappa shape index (κ1) is 16.8. The molecular formula is C18H20BrNO4. The van der Waals surface area contributed by atoms with E-state index in [1.807, 2.05) is 44.2 Å². The van der Waals surface area contributed by atoms with Crippen LogP contribution in [0.4, 0.5) is 5.69 Å². The van der Waals surface area contributed by atoms with Crippen molar-refractivity contribution in [2.24, 2.45) is 0 Å². The van der Waals surface area contributed by atoms with E-state index in [0.717, 1.165) is 38.7 Å². The molecule has 24 heavy (non-hydrogen) atoms. The van der Waals surface area contributed by atoms with Gasteiger partial charge in [-0.1, -0.05) is 15.9 Å². The quantitative estimate of drug-likeness (QED) is 0.745. The van der Waals surface area contributed by atoms with Crippen molar-refractivity contribution in [3.8, 4) is 23.0 Å². The molecule has 6 heteroatoms. The van der Waals surface area contributed by atoms with Gasteiger partial charge in [0.2, 0.25) is 6.79 Å². The van der Waals surface area contributed by atoms with Crippen LogP contribution >= 0.6 is 15.9 Å². The molecule has 0 fully saturated rings. The summed E-state index contributed by atoms with van der Waals surface area (Å²) >= 11 is 3.61. The number of fused-ring (bicyclic) bond motifs is 1. The Hall–Kier alpha value is -2.08. The van der Waals surface area contributed by atoms with Crippen LogP contribution in [-0.4, -0.2) is 20.0 Å². The lowest BCUT2D eigenvalue weighted by Gasteiger charge is -2.15. The smallest absolute Gasteiger partial charge is 0.231 e. The van der Waals surface area contributed by atoms with Crippen LogP contribution in [0.3, 0.4) is 0 Å². The average Bonchev–Trinajstić information content (AvgIpc) is 3.04. The topological polar surface area (TPSA) is 49.0 Å². The van der Waals surface area contributed by atoms with Crippen LogP contribution in [0, 0.1) is 0 Å². The molecule has 1 aliphatic rings. The molecule has 5 nitrogen and oxygen atoms in total. The van der Waals surface area contributed by atoms with E-state index in [2.05, 4.69) is 21.2 Å². The fraction of sp³-hybridized carbons (Fsp3) is 0.333. The largest absolute Gasteiger partial charge is 0.490 e. The molecule has 1 N–H and O–H groups in total. The lowest BCUT2D eigenvalue weighted by Crippen LogP contribution is -2.03. The van der Waals surface area contributed by atoms with E-state index >= 15 is 0 Å². The standard InChI is InChI=1S/C18H20BrNO4/c1-3-21-16-7-12(14(19)9-18(16)22-4-2)10-20-13-5-6-15-17(8-13)24-11-23-15/h5-9,20H,3-4,10-11H2,1-2H3. The Morgan fingerprint density at radius 3 is 2.46 bits per heavy atom. The number of ether oxygens (including phenoxy) is 4. The molecule has 0 aromatic heterocycles. The summed E-state index contributed by atoms with van der Waals surface area (Å²) in [6.45, 7) is 6.03. The summed E-state index contributed by atoms with van der Waals surface area (Å²) < 4.78 is 23.0. The number of hydrogen-bond donors (Lipinski definition) is 1. The van der Waals surface area contributed by atoms with Crippen LogP contribution in [0.5, 0.6) is 23.0 Å². The first-order chi connectivity index (χ1) is 11.7. The molecule has 0 radical (unpaired) electrons. The summed E-state index contributed by atoms with van der Waals surface area (Å²) in [5.74, 6) is 3.05. The minimum atomic E-state index is 0.279. The third-order valence-electron chi connectivity index (χ3n) is 3.57. The maximum Gasteiger partial charge on any atom is 0.231 e. The second kappa shape index (κ2) is 7.66. The lowest BCUT2D eigenvalue weighted by atomic mass is 10.2. The van der Waals surface area contributed by atoms with Crippen molar-refractivity contribution in [2.75, 3.05) is 25.3 Å². The van der Waals surface area contributed by atoms with Gasteiger partial charge in [-0.05, 0) is 43.7 Å². The fourth-order valence-corrected chi connectivity index (χ4v) is 2.92. The van der Waals surface area contributed by atoms with Crippen molar-refractivity contribution < 1.29 is 18.9 Å². The first-order valence-electron chi connectivity index (χ1n) is 7.92. The molecule has 0 saturated carbocycles. The maximum atomic E-state index is 5.69. The highest BCUT2D eigenvalue weighted by atomic mass is 79.9. The number of benzene rings is 2. The summed E-state index contributed by atoms with van der Waals surface area (Å²) in [6, 6.07) is 9.76. The molecule has 0 unspecified atom stereocenters. The average molecular weight is 394 g/mol. The molecule has 1 heterocycles. The summed E-state index contributed by atoms with van der Waals surface area (Å²) in [5, 5.41) is 3.39. The van der Waals surface area contributed by atoms with E-state index in [9.17, 15) is 0 Å². The zero-order chi connectivity index (χ0) is 16.9. The van der Waals surface area contributed by atoms with Crippen molar-refractivity contribution >= 4 is 21.6 Å². The van der Waals surface area contributed by atoms with E-state index in [1.54, 1.807) is 0 Å². The van der Waals surface area contributed by atoms with Gasteiger partial charge in [0.15, 0.2) is 23.0 Å². The lowest BCUT2D eigenvalue weighted by molar-refractivity contribution is 0.174. The summed E-state index contributed by atoms with van der Waals surface area (Å²) in [7, 11) is 0. The first-order valence-corrected chi connectivity index (χ1v) is 8.72.